The third kappa shape index (κ3) is 4.11. The summed E-state index contributed by atoms with van der Waals surface area (Å²) in [7, 11) is 0. The Labute approximate surface area is 178 Å². The van der Waals surface area contributed by atoms with Gasteiger partial charge in [0.25, 0.3) is 0 Å². The second kappa shape index (κ2) is 8.60. The molecule has 1 fully saturated rings. The maximum absolute atomic E-state index is 14.4. The predicted molar refractivity (Wildman–Crippen MR) is 113 cm³/mol. The fraction of sp³-hybridized carbons (Fsp3) is 0.364. The highest BCUT2D eigenvalue weighted by atomic mass is 19.1. The number of hydrogen-bond acceptors (Lipinski definition) is 6. The molecule has 31 heavy (non-hydrogen) atoms. The van der Waals surface area contributed by atoms with Crippen LogP contribution in [0.3, 0.4) is 0 Å². The minimum atomic E-state index is -0.779. The first-order chi connectivity index (χ1) is 14.9. The van der Waals surface area contributed by atoms with Crippen LogP contribution >= 0.6 is 0 Å². The van der Waals surface area contributed by atoms with Crippen LogP contribution in [0, 0.1) is 11.6 Å². The summed E-state index contributed by atoms with van der Waals surface area (Å²) in [5.41, 5.74) is 1.94. The number of fused-ring (bicyclic) bond motifs is 1. The van der Waals surface area contributed by atoms with Crippen molar-refractivity contribution in [1.29, 1.82) is 0 Å². The van der Waals surface area contributed by atoms with Crippen molar-refractivity contribution in [2.75, 3.05) is 18.1 Å². The molecule has 0 saturated carbocycles. The highest BCUT2D eigenvalue weighted by molar-refractivity contribution is 5.74. The standard InChI is InChI=1S/C22H25F2N5O2/c1-13(26-19(12-30)14(2)31)17-11-25-29-9-7-21(27-22(17)29)28-8-3-4-20(28)16-10-15(23)5-6-18(16)24/h5-7,9-11,14,19-20,26,30-31H,1,3-4,8,12H2,2H3/t14-,19+,20+/m0/s1. The fourth-order valence-corrected chi connectivity index (χ4v) is 3.99. The first kappa shape index (κ1) is 21.2. The topological polar surface area (TPSA) is 85.9 Å². The number of nitrogens with zero attached hydrogens (tertiary/aromatic N) is 4. The first-order valence-corrected chi connectivity index (χ1v) is 10.2. The Hall–Kier alpha value is -3.04. The van der Waals surface area contributed by atoms with Crippen LogP contribution in [0.1, 0.15) is 36.9 Å². The maximum atomic E-state index is 14.4. The van der Waals surface area contributed by atoms with Crippen LogP contribution < -0.4 is 10.2 Å². The van der Waals surface area contributed by atoms with Crippen molar-refractivity contribution in [2.45, 2.75) is 38.0 Å². The van der Waals surface area contributed by atoms with E-state index in [2.05, 4.69) is 17.0 Å². The molecule has 164 valence electrons. The SMILES string of the molecule is C=C(N[C@H](CO)[C@H](C)O)c1cnn2ccc(N3CCC[C@@H]3c3cc(F)ccc3F)nc12. The Bertz CT molecular complexity index is 1100. The van der Waals surface area contributed by atoms with Gasteiger partial charge in [0, 0.05) is 24.0 Å². The lowest BCUT2D eigenvalue weighted by molar-refractivity contribution is 0.112. The summed E-state index contributed by atoms with van der Waals surface area (Å²) in [6.45, 7) is 5.98. The highest BCUT2D eigenvalue weighted by Gasteiger charge is 2.30. The summed E-state index contributed by atoms with van der Waals surface area (Å²) in [5.74, 6) is -0.277. The molecule has 3 heterocycles. The quantitative estimate of drug-likeness (QED) is 0.536. The lowest BCUT2D eigenvalue weighted by Gasteiger charge is -2.26. The second-order valence-electron chi connectivity index (χ2n) is 7.78. The van der Waals surface area contributed by atoms with Gasteiger partial charge in [-0.25, -0.2) is 18.3 Å². The van der Waals surface area contributed by atoms with Gasteiger partial charge in [-0.05, 0) is 44.0 Å². The molecule has 1 saturated heterocycles. The van der Waals surface area contributed by atoms with Gasteiger partial charge in [-0.3, -0.25) is 0 Å². The molecule has 0 radical (unpaired) electrons. The van der Waals surface area contributed by atoms with E-state index >= 15 is 0 Å². The molecule has 0 amide bonds. The van der Waals surface area contributed by atoms with E-state index in [1.165, 1.54) is 6.07 Å². The molecule has 1 aromatic carbocycles. The van der Waals surface area contributed by atoms with Crippen molar-refractivity contribution in [3.8, 4) is 0 Å². The zero-order chi connectivity index (χ0) is 22.1. The molecule has 9 heteroatoms. The predicted octanol–water partition coefficient (Wildman–Crippen LogP) is 2.65. The first-order valence-electron chi connectivity index (χ1n) is 10.2. The summed E-state index contributed by atoms with van der Waals surface area (Å²) in [5, 5.41) is 26.5. The van der Waals surface area contributed by atoms with Crippen molar-refractivity contribution in [3.63, 3.8) is 0 Å². The van der Waals surface area contributed by atoms with Crippen LogP contribution in [-0.4, -0.2) is 50.1 Å². The largest absolute Gasteiger partial charge is 0.394 e. The Morgan fingerprint density at radius 2 is 2.16 bits per heavy atom. The van der Waals surface area contributed by atoms with E-state index in [4.69, 9.17) is 4.98 Å². The molecule has 0 bridgehead atoms. The van der Waals surface area contributed by atoms with E-state index in [9.17, 15) is 19.0 Å². The molecule has 1 aliphatic rings. The van der Waals surface area contributed by atoms with Gasteiger partial charge < -0.3 is 20.4 Å². The van der Waals surface area contributed by atoms with Gasteiger partial charge in [0.1, 0.15) is 17.5 Å². The lowest BCUT2D eigenvalue weighted by Crippen LogP contribution is -2.40. The third-order valence-electron chi connectivity index (χ3n) is 5.68. The Balaban J connectivity index is 1.67. The summed E-state index contributed by atoms with van der Waals surface area (Å²) in [4.78, 5) is 6.70. The van der Waals surface area contributed by atoms with E-state index in [0.717, 1.165) is 18.6 Å². The maximum Gasteiger partial charge on any atom is 0.166 e. The molecule has 0 aliphatic carbocycles. The summed E-state index contributed by atoms with van der Waals surface area (Å²) in [6, 6.07) is 4.42. The smallest absolute Gasteiger partial charge is 0.166 e. The molecule has 0 spiro atoms. The van der Waals surface area contributed by atoms with Gasteiger partial charge >= 0.3 is 0 Å². The molecular weight excluding hydrogens is 404 g/mol. The van der Waals surface area contributed by atoms with E-state index in [0.29, 0.717) is 41.3 Å². The number of nitrogens with one attached hydrogen (secondary N) is 1. The Kier molecular flexibility index (Phi) is 5.88. The van der Waals surface area contributed by atoms with E-state index < -0.39 is 23.8 Å². The van der Waals surface area contributed by atoms with Crippen LogP contribution in [0.5, 0.6) is 0 Å². The summed E-state index contributed by atoms with van der Waals surface area (Å²) >= 11 is 0. The van der Waals surface area contributed by atoms with Gasteiger partial charge in [0.05, 0.1) is 36.6 Å². The molecule has 7 nitrogen and oxygen atoms in total. The average Bonchev–Trinajstić information content (AvgIpc) is 3.40. The Morgan fingerprint density at radius 1 is 1.35 bits per heavy atom. The molecule has 3 N–H and O–H groups in total. The van der Waals surface area contributed by atoms with Crippen molar-refractivity contribution in [2.24, 2.45) is 0 Å². The van der Waals surface area contributed by atoms with Crippen LogP contribution in [0.2, 0.25) is 0 Å². The zero-order valence-corrected chi connectivity index (χ0v) is 17.2. The van der Waals surface area contributed by atoms with Crippen LogP contribution in [0.4, 0.5) is 14.6 Å². The average molecular weight is 429 g/mol. The number of aromatic nitrogens is 3. The normalized spacial score (nSPS) is 18.4. The van der Waals surface area contributed by atoms with Crippen LogP contribution in [-0.2, 0) is 0 Å². The fourth-order valence-electron chi connectivity index (χ4n) is 3.99. The van der Waals surface area contributed by atoms with Crippen LogP contribution in [0.15, 0.2) is 43.2 Å². The van der Waals surface area contributed by atoms with Crippen molar-refractivity contribution >= 4 is 17.2 Å². The van der Waals surface area contributed by atoms with Gasteiger partial charge in [-0.1, -0.05) is 6.58 Å². The molecule has 3 aromatic rings. The number of rotatable bonds is 7. The number of halogens is 2. The number of aliphatic hydroxyl groups is 2. The number of anilines is 1. The van der Waals surface area contributed by atoms with E-state index in [-0.39, 0.29) is 12.6 Å². The highest BCUT2D eigenvalue weighted by Crippen LogP contribution is 2.37. The van der Waals surface area contributed by atoms with Crippen LogP contribution in [0.25, 0.3) is 11.3 Å². The number of aliphatic hydroxyl groups excluding tert-OH is 2. The van der Waals surface area contributed by atoms with E-state index in [1.807, 2.05) is 4.90 Å². The van der Waals surface area contributed by atoms with Crippen molar-refractivity contribution in [3.05, 3.63) is 66.0 Å². The molecule has 2 aromatic heterocycles. The molecular formula is C22H25F2N5O2. The summed E-state index contributed by atoms with van der Waals surface area (Å²) in [6.07, 6.45) is 4.11. The van der Waals surface area contributed by atoms with E-state index in [1.54, 1.807) is 29.9 Å². The number of hydrogen-bond donors (Lipinski definition) is 3. The summed E-state index contributed by atoms with van der Waals surface area (Å²) < 4.78 is 29.8. The Morgan fingerprint density at radius 3 is 2.90 bits per heavy atom. The van der Waals surface area contributed by atoms with Gasteiger partial charge in [0.2, 0.25) is 0 Å². The van der Waals surface area contributed by atoms with Crippen molar-refractivity contribution < 1.29 is 19.0 Å². The molecule has 4 rings (SSSR count). The minimum Gasteiger partial charge on any atom is -0.394 e. The molecule has 1 aliphatic heterocycles. The number of benzene rings is 1. The monoisotopic (exact) mass is 429 g/mol. The van der Waals surface area contributed by atoms with Crippen molar-refractivity contribution in [1.82, 2.24) is 19.9 Å². The lowest BCUT2D eigenvalue weighted by atomic mass is 10.0. The van der Waals surface area contributed by atoms with Gasteiger partial charge in [0.15, 0.2) is 5.65 Å². The minimum absolute atomic E-state index is 0.261. The van der Waals surface area contributed by atoms with Gasteiger partial charge in [-0.2, -0.15) is 5.10 Å². The molecule has 3 atom stereocenters. The molecule has 0 unspecified atom stereocenters. The second-order valence-corrected chi connectivity index (χ2v) is 7.78. The van der Waals surface area contributed by atoms with Gasteiger partial charge in [-0.15, -0.1) is 0 Å². The third-order valence-corrected chi connectivity index (χ3v) is 5.68. The zero-order valence-electron chi connectivity index (χ0n) is 17.2.